The molecule has 2 rings (SSSR count). The van der Waals surface area contributed by atoms with Crippen LogP contribution >= 0.6 is 11.6 Å². The van der Waals surface area contributed by atoms with Gasteiger partial charge in [0.05, 0.1) is 10.6 Å². The fourth-order valence-electron chi connectivity index (χ4n) is 1.51. The highest BCUT2D eigenvalue weighted by molar-refractivity contribution is 6.32. The molecule has 0 saturated carbocycles. The molecule has 5 nitrogen and oxygen atoms in total. The predicted octanol–water partition coefficient (Wildman–Crippen LogP) is 3.12. The zero-order valence-corrected chi connectivity index (χ0v) is 10.8. The second-order valence-corrected chi connectivity index (χ2v) is 4.33. The molecule has 1 aromatic carbocycles. The van der Waals surface area contributed by atoms with Crippen LogP contribution in [0.15, 0.2) is 30.5 Å². The van der Waals surface area contributed by atoms with Crippen LogP contribution in [-0.2, 0) is 0 Å². The first-order valence-electron chi connectivity index (χ1n) is 5.41. The fraction of sp³-hybridized carbons (Fsp3) is 0.0769. The number of halogens is 1. The number of pyridine rings is 1. The van der Waals surface area contributed by atoms with Crippen molar-refractivity contribution in [1.29, 1.82) is 0 Å². The van der Waals surface area contributed by atoms with E-state index in [9.17, 15) is 4.79 Å². The van der Waals surface area contributed by atoms with E-state index in [4.69, 9.17) is 27.2 Å². The number of benzene rings is 1. The van der Waals surface area contributed by atoms with Gasteiger partial charge in [0.15, 0.2) is 0 Å². The van der Waals surface area contributed by atoms with E-state index in [0.717, 1.165) is 5.56 Å². The van der Waals surface area contributed by atoms with Gasteiger partial charge in [-0.15, -0.1) is 0 Å². The van der Waals surface area contributed by atoms with Gasteiger partial charge in [0, 0.05) is 6.20 Å². The number of aromatic carboxylic acids is 1. The molecule has 0 fully saturated rings. The number of carboxylic acid groups (broad SMARTS) is 1. The van der Waals surface area contributed by atoms with Gasteiger partial charge in [0.2, 0.25) is 5.88 Å². The Labute approximate surface area is 114 Å². The predicted molar refractivity (Wildman–Crippen MR) is 71.9 cm³/mol. The minimum atomic E-state index is -1.14. The molecule has 0 radical (unpaired) electrons. The Kier molecular flexibility index (Phi) is 3.57. The molecular formula is C13H11ClN2O3. The number of ether oxygens (including phenoxy) is 1. The van der Waals surface area contributed by atoms with Crippen LogP contribution in [-0.4, -0.2) is 16.1 Å². The second-order valence-electron chi connectivity index (χ2n) is 3.92. The maximum Gasteiger partial charge on any atom is 0.338 e. The molecule has 0 bridgehead atoms. The van der Waals surface area contributed by atoms with Crippen LogP contribution in [0.25, 0.3) is 0 Å². The van der Waals surface area contributed by atoms with Gasteiger partial charge in [-0.25, -0.2) is 9.78 Å². The lowest BCUT2D eigenvalue weighted by Gasteiger charge is -2.10. The van der Waals surface area contributed by atoms with Gasteiger partial charge in [-0.05, 0) is 30.7 Å². The number of nitrogen functional groups attached to an aromatic ring is 1. The molecule has 0 saturated heterocycles. The summed E-state index contributed by atoms with van der Waals surface area (Å²) in [5.41, 5.74) is 6.56. The largest absolute Gasteiger partial charge is 0.478 e. The molecule has 19 heavy (non-hydrogen) atoms. The van der Waals surface area contributed by atoms with Crippen molar-refractivity contribution in [2.24, 2.45) is 0 Å². The number of aryl methyl sites for hydroxylation is 1. The summed E-state index contributed by atoms with van der Waals surface area (Å²) in [7, 11) is 0. The van der Waals surface area contributed by atoms with Crippen LogP contribution in [0.4, 0.5) is 5.69 Å². The third-order valence-corrected chi connectivity index (χ3v) is 2.79. The maximum absolute atomic E-state index is 11.0. The molecule has 0 amide bonds. The van der Waals surface area contributed by atoms with Crippen molar-refractivity contribution in [3.8, 4) is 11.6 Å². The Morgan fingerprint density at radius 2 is 2.16 bits per heavy atom. The lowest BCUT2D eigenvalue weighted by Crippen LogP contribution is -2.05. The van der Waals surface area contributed by atoms with Crippen molar-refractivity contribution in [2.45, 2.75) is 6.92 Å². The molecule has 6 heteroatoms. The lowest BCUT2D eigenvalue weighted by atomic mass is 10.2. The summed E-state index contributed by atoms with van der Waals surface area (Å²) in [6.45, 7) is 1.88. The zero-order valence-electron chi connectivity index (χ0n) is 10.1. The number of nitrogens with zero attached hydrogens (tertiary/aromatic N) is 1. The van der Waals surface area contributed by atoms with Crippen LogP contribution in [0, 0.1) is 6.92 Å². The third kappa shape index (κ3) is 2.77. The topological polar surface area (TPSA) is 85.4 Å². The van der Waals surface area contributed by atoms with Crippen molar-refractivity contribution >= 4 is 23.3 Å². The number of anilines is 1. The molecule has 0 spiro atoms. The highest BCUT2D eigenvalue weighted by atomic mass is 35.5. The van der Waals surface area contributed by atoms with E-state index in [-0.39, 0.29) is 17.1 Å². The Hall–Kier alpha value is -2.27. The average molecular weight is 279 g/mol. The molecule has 0 aliphatic carbocycles. The Bertz CT molecular complexity index is 644. The summed E-state index contributed by atoms with van der Waals surface area (Å²) < 4.78 is 5.48. The Balaban J connectivity index is 2.41. The van der Waals surface area contributed by atoms with E-state index in [1.807, 2.05) is 13.0 Å². The quantitative estimate of drug-likeness (QED) is 0.901. The standard InChI is InChI=1S/C13H11ClN2O3/c1-7-2-3-9(14)10(6-7)19-12-11(15)8(13(17)18)4-5-16-12/h2-6H,15H2,1H3,(H,17,18). The van der Waals surface area contributed by atoms with E-state index in [0.29, 0.717) is 10.8 Å². The zero-order chi connectivity index (χ0) is 14.0. The third-order valence-electron chi connectivity index (χ3n) is 2.48. The van der Waals surface area contributed by atoms with E-state index >= 15 is 0 Å². The second kappa shape index (κ2) is 5.16. The number of aromatic nitrogens is 1. The first-order chi connectivity index (χ1) is 8.99. The SMILES string of the molecule is Cc1ccc(Cl)c(Oc2nccc(C(=O)O)c2N)c1. The van der Waals surface area contributed by atoms with Crippen LogP contribution in [0.2, 0.25) is 5.02 Å². The first-order valence-corrected chi connectivity index (χ1v) is 5.78. The fourth-order valence-corrected chi connectivity index (χ4v) is 1.67. The van der Waals surface area contributed by atoms with Crippen molar-refractivity contribution in [1.82, 2.24) is 4.98 Å². The molecule has 0 aliphatic rings. The first kappa shape index (κ1) is 13.2. The molecule has 0 aliphatic heterocycles. The monoisotopic (exact) mass is 278 g/mol. The normalized spacial score (nSPS) is 10.2. The number of hydrogen-bond acceptors (Lipinski definition) is 4. The maximum atomic E-state index is 11.0. The summed E-state index contributed by atoms with van der Waals surface area (Å²) >= 11 is 5.99. The Morgan fingerprint density at radius 3 is 2.84 bits per heavy atom. The van der Waals surface area contributed by atoms with Gasteiger partial charge >= 0.3 is 5.97 Å². The summed E-state index contributed by atoms with van der Waals surface area (Å²) in [6, 6.07) is 6.54. The summed E-state index contributed by atoms with van der Waals surface area (Å²) in [5, 5.41) is 9.36. The number of hydrogen-bond donors (Lipinski definition) is 2. The number of nitrogens with two attached hydrogens (primary N) is 1. The smallest absolute Gasteiger partial charge is 0.338 e. The van der Waals surface area contributed by atoms with Gasteiger partial charge in [-0.3, -0.25) is 0 Å². The number of rotatable bonds is 3. The molecular weight excluding hydrogens is 268 g/mol. The van der Waals surface area contributed by atoms with Crippen LogP contribution in [0.5, 0.6) is 11.6 Å². The van der Waals surface area contributed by atoms with Gasteiger partial charge in [0.25, 0.3) is 0 Å². The number of carbonyl (C=O) groups is 1. The Morgan fingerprint density at radius 1 is 1.42 bits per heavy atom. The molecule has 3 N–H and O–H groups in total. The van der Waals surface area contributed by atoms with Gasteiger partial charge in [0.1, 0.15) is 11.4 Å². The van der Waals surface area contributed by atoms with Crippen LogP contribution in [0.3, 0.4) is 0 Å². The van der Waals surface area contributed by atoms with Crippen molar-refractivity contribution < 1.29 is 14.6 Å². The van der Waals surface area contributed by atoms with E-state index in [1.165, 1.54) is 12.3 Å². The lowest BCUT2D eigenvalue weighted by molar-refractivity contribution is 0.0697. The van der Waals surface area contributed by atoms with Crippen molar-refractivity contribution in [2.75, 3.05) is 5.73 Å². The minimum absolute atomic E-state index is 0.0207. The van der Waals surface area contributed by atoms with E-state index < -0.39 is 5.97 Å². The van der Waals surface area contributed by atoms with Crippen LogP contribution < -0.4 is 10.5 Å². The summed E-state index contributed by atoms with van der Waals surface area (Å²) in [5.74, 6) is -0.740. The molecule has 98 valence electrons. The molecule has 1 aromatic heterocycles. The van der Waals surface area contributed by atoms with E-state index in [1.54, 1.807) is 12.1 Å². The highest BCUT2D eigenvalue weighted by Gasteiger charge is 2.15. The van der Waals surface area contributed by atoms with Crippen molar-refractivity contribution in [3.05, 3.63) is 46.6 Å². The molecule has 0 unspecified atom stereocenters. The molecule has 1 heterocycles. The van der Waals surface area contributed by atoms with Gasteiger partial charge < -0.3 is 15.6 Å². The highest BCUT2D eigenvalue weighted by Crippen LogP contribution is 2.32. The number of carboxylic acids is 1. The summed E-state index contributed by atoms with van der Waals surface area (Å²) in [4.78, 5) is 14.9. The average Bonchev–Trinajstić information content (AvgIpc) is 2.36. The molecule has 0 atom stereocenters. The summed E-state index contributed by atoms with van der Waals surface area (Å²) in [6.07, 6.45) is 1.32. The van der Waals surface area contributed by atoms with E-state index in [2.05, 4.69) is 4.98 Å². The molecule has 2 aromatic rings. The van der Waals surface area contributed by atoms with Gasteiger partial charge in [-0.2, -0.15) is 0 Å². The van der Waals surface area contributed by atoms with Crippen molar-refractivity contribution in [3.63, 3.8) is 0 Å². The van der Waals surface area contributed by atoms with Gasteiger partial charge in [-0.1, -0.05) is 17.7 Å². The van der Waals surface area contributed by atoms with Crippen LogP contribution in [0.1, 0.15) is 15.9 Å². The minimum Gasteiger partial charge on any atom is -0.478 e.